The van der Waals surface area contributed by atoms with E-state index in [9.17, 15) is 45.6 Å². The van der Waals surface area contributed by atoms with Crippen molar-refractivity contribution in [2.24, 2.45) is 0 Å². The van der Waals surface area contributed by atoms with E-state index in [1.54, 1.807) is 6.08 Å². The van der Waals surface area contributed by atoms with Crippen LogP contribution < -0.4 is 5.32 Å². The summed E-state index contributed by atoms with van der Waals surface area (Å²) < 4.78 is 22.8. The Balaban J connectivity index is 1.73. The van der Waals surface area contributed by atoms with E-state index >= 15 is 0 Å². The van der Waals surface area contributed by atoms with Gasteiger partial charge in [0.05, 0.1) is 32.0 Å². The minimum atomic E-state index is -1.79. The molecular weight excluding hydrogens is 931 g/mol. The third kappa shape index (κ3) is 31.7. The van der Waals surface area contributed by atoms with E-state index in [0.717, 1.165) is 38.5 Å². The molecule has 12 atom stereocenters. The standard InChI is InChI=1S/C59H113NO13/c1-3-5-7-9-11-13-15-17-19-20-21-22-23-24-25-26-27-28-29-30-32-34-36-38-40-42-48(63)47(60-51(64)43-41-39-37-35-33-31-18-16-14-12-10-8-6-4-2)46-70-58-56(69)54(67)57(50(45-62)72-58)73-59-55(68)53(66)52(65)49(44-61)71-59/h40,42,47-50,52-59,61-63,65-69H,3-39,41,43-46H2,1-2H3,(H,60,64)/b42-40+. The molecule has 432 valence electrons. The normalized spacial score (nSPS) is 25.4. The summed E-state index contributed by atoms with van der Waals surface area (Å²) in [7, 11) is 0. The molecule has 2 rings (SSSR count). The van der Waals surface area contributed by atoms with Gasteiger partial charge in [0.15, 0.2) is 12.6 Å². The van der Waals surface area contributed by atoms with Crippen LogP contribution in [0.3, 0.4) is 0 Å². The summed E-state index contributed by atoms with van der Waals surface area (Å²) in [6, 6.07) is -0.909. The smallest absolute Gasteiger partial charge is 0.220 e. The molecule has 14 heteroatoms. The van der Waals surface area contributed by atoms with Crippen molar-refractivity contribution >= 4 is 5.91 Å². The first kappa shape index (κ1) is 67.8. The number of amides is 1. The molecule has 9 N–H and O–H groups in total. The molecule has 1 amide bonds. The Morgan fingerprint density at radius 1 is 0.479 bits per heavy atom. The Morgan fingerprint density at radius 2 is 0.849 bits per heavy atom. The number of unbranched alkanes of at least 4 members (excludes halogenated alkanes) is 36. The van der Waals surface area contributed by atoms with Crippen LogP contribution in [-0.4, -0.2) is 140 Å². The topological polar surface area (TPSA) is 228 Å². The third-order valence-corrected chi connectivity index (χ3v) is 15.2. The molecule has 0 aromatic heterocycles. The predicted octanol–water partition coefficient (Wildman–Crippen LogP) is 10.3. The van der Waals surface area contributed by atoms with Crippen LogP contribution >= 0.6 is 0 Å². The maximum Gasteiger partial charge on any atom is 0.220 e. The van der Waals surface area contributed by atoms with Gasteiger partial charge in [-0.2, -0.15) is 0 Å². The summed E-state index contributed by atoms with van der Waals surface area (Å²) in [6.07, 6.45) is 35.4. The summed E-state index contributed by atoms with van der Waals surface area (Å²) in [5.41, 5.74) is 0. The molecule has 0 spiro atoms. The van der Waals surface area contributed by atoms with Crippen LogP contribution in [0.2, 0.25) is 0 Å². The molecule has 12 unspecified atom stereocenters. The zero-order valence-corrected chi connectivity index (χ0v) is 46.4. The van der Waals surface area contributed by atoms with Gasteiger partial charge in [-0.15, -0.1) is 0 Å². The predicted molar refractivity (Wildman–Crippen MR) is 291 cm³/mol. The van der Waals surface area contributed by atoms with Crippen molar-refractivity contribution in [2.45, 2.75) is 338 Å². The van der Waals surface area contributed by atoms with Gasteiger partial charge in [0.1, 0.15) is 48.8 Å². The minimum Gasteiger partial charge on any atom is -0.394 e. The molecule has 2 aliphatic rings. The van der Waals surface area contributed by atoms with Gasteiger partial charge in [-0.3, -0.25) is 4.79 Å². The van der Waals surface area contributed by atoms with Crippen molar-refractivity contribution in [2.75, 3.05) is 19.8 Å². The Morgan fingerprint density at radius 3 is 1.26 bits per heavy atom. The van der Waals surface area contributed by atoms with Gasteiger partial charge in [-0.05, 0) is 19.3 Å². The summed E-state index contributed by atoms with van der Waals surface area (Å²) in [6.45, 7) is 2.83. The van der Waals surface area contributed by atoms with Crippen LogP contribution in [0.5, 0.6) is 0 Å². The first-order valence-electron chi connectivity index (χ1n) is 30.4. The van der Waals surface area contributed by atoms with Crippen LogP contribution in [0.1, 0.15) is 264 Å². The van der Waals surface area contributed by atoms with Crippen molar-refractivity contribution < 1.29 is 64.6 Å². The molecule has 14 nitrogen and oxygen atoms in total. The molecule has 0 aliphatic carbocycles. The lowest BCUT2D eigenvalue weighted by molar-refractivity contribution is -0.359. The lowest BCUT2D eigenvalue weighted by Crippen LogP contribution is -2.65. The SMILES string of the molecule is CCCCCCCCCCCCCCCCCCCCCCCCC/C=C/C(O)C(COC1OC(CO)C(OC2OC(CO)C(O)C(O)C2O)C(O)C1O)NC(=O)CCCCCCCCCCCCCCCC. The highest BCUT2D eigenvalue weighted by Crippen LogP contribution is 2.30. The molecule has 2 saturated heterocycles. The van der Waals surface area contributed by atoms with Crippen molar-refractivity contribution in [1.29, 1.82) is 0 Å². The summed E-state index contributed by atoms with van der Waals surface area (Å²) in [5.74, 6) is -0.235. The van der Waals surface area contributed by atoms with E-state index < -0.39 is 86.8 Å². The highest BCUT2D eigenvalue weighted by Gasteiger charge is 2.51. The second kappa shape index (κ2) is 45.7. The lowest BCUT2D eigenvalue weighted by atomic mass is 9.97. The number of aliphatic hydroxyl groups is 8. The summed E-state index contributed by atoms with van der Waals surface area (Å²) in [5, 5.41) is 87.1. The first-order chi connectivity index (χ1) is 35.6. The largest absolute Gasteiger partial charge is 0.394 e. The van der Waals surface area contributed by atoms with Crippen LogP contribution in [-0.2, 0) is 23.7 Å². The van der Waals surface area contributed by atoms with E-state index in [1.165, 1.54) is 199 Å². The van der Waals surface area contributed by atoms with Crippen molar-refractivity contribution in [3.63, 3.8) is 0 Å². The van der Waals surface area contributed by atoms with Crippen molar-refractivity contribution in [1.82, 2.24) is 5.32 Å². The number of aliphatic hydroxyl groups excluding tert-OH is 8. The Labute approximate surface area is 444 Å². The minimum absolute atomic E-state index is 0.235. The van der Waals surface area contributed by atoms with Gasteiger partial charge in [0, 0.05) is 6.42 Å². The third-order valence-electron chi connectivity index (χ3n) is 15.2. The monoisotopic (exact) mass is 1040 g/mol. The molecule has 0 aromatic rings. The number of carbonyl (C=O) groups excluding carboxylic acids is 1. The first-order valence-corrected chi connectivity index (χ1v) is 30.4. The fourth-order valence-corrected chi connectivity index (χ4v) is 10.3. The van der Waals surface area contributed by atoms with Crippen LogP contribution in [0.15, 0.2) is 12.2 Å². The molecule has 0 aromatic carbocycles. The number of allylic oxidation sites excluding steroid dienone is 1. The number of hydrogen-bond acceptors (Lipinski definition) is 13. The highest BCUT2D eigenvalue weighted by atomic mass is 16.7. The Bertz CT molecular complexity index is 1280. The molecular formula is C59H113NO13. The molecule has 2 aliphatic heterocycles. The zero-order chi connectivity index (χ0) is 53.2. The lowest BCUT2D eigenvalue weighted by Gasteiger charge is -2.46. The number of hydrogen-bond donors (Lipinski definition) is 9. The fraction of sp³-hybridized carbons (Fsp3) is 0.949. The summed E-state index contributed by atoms with van der Waals surface area (Å²) >= 11 is 0. The van der Waals surface area contributed by atoms with Gasteiger partial charge >= 0.3 is 0 Å². The maximum absolute atomic E-state index is 13.2. The second-order valence-corrected chi connectivity index (χ2v) is 21.8. The van der Waals surface area contributed by atoms with E-state index in [0.29, 0.717) is 6.42 Å². The Kier molecular flexibility index (Phi) is 42.5. The van der Waals surface area contributed by atoms with Crippen LogP contribution in [0.25, 0.3) is 0 Å². The van der Waals surface area contributed by atoms with Gasteiger partial charge in [0.25, 0.3) is 0 Å². The van der Waals surface area contributed by atoms with E-state index in [-0.39, 0.29) is 18.9 Å². The average molecular weight is 1040 g/mol. The number of rotatable bonds is 49. The molecule has 0 radical (unpaired) electrons. The van der Waals surface area contributed by atoms with E-state index in [2.05, 4.69) is 19.2 Å². The molecule has 73 heavy (non-hydrogen) atoms. The van der Waals surface area contributed by atoms with Gasteiger partial charge in [0.2, 0.25) is 5.91 Å². The number of carbonyl (C=O) groups is 1. The van der Waals surface area contributed by atoms with E-state index in [4.69, 9.17) is 18.9 Å². The second-order valence-electron chi connectivity index (χ2n) is 21.8. The number of ether oxygens (including phenoxy) is 4. The molecule has 0 saturated carbocycles. The van der Waals surface area contributed by atoms with Gasteiger partial charge in [-0.1, -0.05) is 251 Å². The molecule has 2 heterocycles. The maximum atomic E-state index is 13.2. The molecule has 2 fully saturated rings. The summed E-state index contributed by atoms with van der Waals surface area (Å²) in [4.78, 5) is 13.2. The average Bonchev–Trinajstić information content (AvgIpc) is 3.39. The fourth-order valence-electron chi connectivity index (χ4n) is 10.3. The zero-order valence-electron chi connectivity index (χ0n) is 46.4. The van der Waals surface area contributed by atoms with E-state index in [1.807, 2.05) is 6.08 Å². The highest BCUT2D eigenvalue weighted by molar-refractivity contribution is 5.76. The molecule has 0 bridgehead atoms. The Hall–Kier alpha value is -1.27. The number of nitrogens with one attached hydrogen (secondary N) is 1. The van der Waals surface area contributed by atoms with Gasteiger partial charge in [-0.25, -0.2) is 0 Å². The van der Waals surface area contributed by atoms with Gasteiger partial charge < -0.3 is 65.1 Å². The quantitative estimate of drug-likeness (QED) is 0.0204. The van der Waals surface area contributed by atoms with Crippen molar-refractivity contribution in [3.8, 4) is 0 Å². The van der Waals surface area contributed by atoms with Crippen molar-refractivity contribution in [3.05, 3.63) is 12.2 Å². The van der Waals surface area contributed by atoms with Crippen LogP contribution in [0, 0.1) is 0 Å². The van der Waals surface area contributed by atoms with Crippen LogP contribution in [0.4, 0.5) is 0 Å².